The van der Waals surface area contributed by atoms with E-state index in [1.54, 1.807) is 36.4 Å². The molecule has 0 aliphatic heterocycles. The molecule has 0 amide bonds. The quantitative estimate of drug-likeness (QED) is 0.419. The van der Waals surface area contributed by atoms with Crippen LogP contribution >= 0.6 is 0 Å². The van der Waals surface area contributed by atoms with Crippen molar-refractivity contribution in [1.82, 2.24) is 3.97 Å². The minimum absolute atomic E-state index is 0.0190. The molecule has 0 spiro atoms. The lowest BCUT2D eigenvalue weighted by atomic mass is 10.1. The molecule has 0 unspecified atom stereocenters. The van der Waals surface area contributed by atoms with Gasteiger partial charge in [0.15, 0.2) is 0 Å². The molecular weight excluding hydrogens is 399 g/mol. The molecule has 4 rings (SSSR count). The van der Waals surface area contributed by atoms with Crippen LogP contribution in [-0.4, -0.2) is 12.4 Å². The van der Waals surface area contributed by atoms with Crippen LogP contribution in [0.1, 0.15) is 12.5 Å². The van der Waals surface area contributed by atoms with E-state index in [0.29, 0.717) is 5.39 Å². The number of rotatable bonds is 3. The highest BCUT2D eigenvalue weighted by atomic mass is 32.2. The molecule has 0 N–H and O–H groups in total. The van der Waals surface area contributed by atoms with Gasteiger partial charge < -0.3 is 0 Å². The van der Waals surface area contributed by atoms with Gasteiger partial charge in [0.25, 0.3) is 10.0 Å². The van der Waals surface area contributed by atoms with Gasteiger partial charge >= 0.3 is 6.18 Å². The smallest absolute Gasteiger partial charge is 0.233 e. The number of hydrogen-bond donors (Lipinski definition) is 0. The fraction of sp³-hybridized carbons (Fsp3) is 0.0909. The second-order valence-electron chi connectivity index (χ2n) is 6.65. The molecule has 0 saturated carbocycles. The van der Waals surface area contributed by atoms with E-state index in [1.165, 1.54) is 24.3 Å². The highest BCUT2D eigenvalue weighted by Gasteiger charge is 2.30. The van der Waals surface area contributed by atoms with Crippen molar-refractivity contribution < 1.29 is 23.0 Å². The van der Waals surface area contributed by atoms with Crippen LogP contribution in [0.3, 0.4) is 0 Å². The summed E-state index contributed by atoms with van der Waals surface area (Å²) in [6, 6.07) is 16.9. The molecule has 0 atom stereocenters. The summed E-state index contributed by atoms with van der Waals surface area (Å²) in [4.78, 5) is 0.0296. The summed E-state index contributed by atoms with van der Waals surface area (Å²) in [6.07, 6.45) is -4.51. The van der Waals surface area contributed by atoms with Crippen LogP contribution < -0.4 is 0 Å². The Morgan fingerprint density at radius 3 is 2.14 bits per heavy atom. The first-order valence-electron chi connectivity index (χ1n) is 9.20. The maximum Gasteiger partial charge on any atom is 0.416 e. The van der Waals surface area contributed by atoms with Crippen molar-refractivity contribution in [2.24, 2.45) is 0 Å². The van der Waals surface area contributed by atoms with Gasteiger partial charge in [-0.1, -0.05) is 48.0 Å². The second-order valence-corrected chi connectivity index (χ2v) is 8.44. The molecule has 7 heteroatoms. The molecule has 0 fully saturated rings. The van der Waals surface area contributed by atoms with Crippen LogP contribution in [0.4, 0.5) is 13.2 Å². The first kappa shape index (κ1) is 18.0. The molecule has 0 bridgehead atoms. The molecule has 0 radical (unpaired) electrons. The lowest BCUT2D eigenvalue weighted by Crippen LogP contribution is -2.14. The first-order valence-corrected chi connectivity index (χ1v) is 10.1. The average Bonchev–Trinajstić information content (AvgIpc) is 3.01. The summed E-state index contributed by atoms with van der Waals surface area (Å²) >= 11 is 0. The summed E-state index contributed by atoms with van der Waals surface area (Å²) < 4.78 is 75.4. The zero-order valence-corrected chi connectivity index (χ0v) is 16.1. The van der Waals surface area contributed by atoms with Crippen molar-refractivity contribution in [3.63, 3.8) is 0 Å². The molecule has 0 saturated heterocycles. The highest BCUT2D eigenvalue weighted by Crippen LogP contribution is 2.35. The number of alkyl halides is 3. The van der Waals surface area contributed by atoms with E-state index in [1.807, 2.05) is 6.92 Å². The van der Waals surface area contributed by atoms with E-state index in [-0.39, 0.29) is 27.7 Å². The van der Waals surface area contributed by atoms with E-state index >= 15 is 0 Å². The summed E-state index contributed by atoms with van der Waals surface area (Å²) in [5.74, 6) is 0. The van der Waals surface area contributed by atoms with Crippen molar-refractivity contribution in [1.29, 1.82) is 0 Å². The van der Waals surface area contributed by atoms with Gasteiger partial charge in [-0.2, -0.15) is 13.2 Å². The minimum Gasteiger partial charge on any atom is -0.233 e. The number of nitrogens with zero attached hydrogens (tertiary/aromatic N) is 1. The van der Waals surface area contributed by atoms with Crippen molar-refractivity contribution in [2.75, 3.05) is 0 Å². The van der Waals surface area contributed by atoms with E-state index < -0.39 is 21.8 Å². The normalized spacial score (nSPS) is 12.9. The Kier molecular flexibility index (Phi) is 4.20. The van der Waals surface area contributed by atoms with Gasteiger partial charge in [0.2, 0.25) is 0 Å². The number of hydrogen-bond acceptors (Lipinski definition) is 2. The maximum atomic E-state index is 13.5. The Hall–Kier alpha value is -3.06. The van der Waals surface area contributed by atoms with Crippen molar-refractivity contribution in [2.45, 2.75) is 18.0 Å². The van der Waals surface area contributed by atoms with Gasteiger partial charge in [0.1, 0.15) is 0 Å². The van der Waals surface area contributed by atoms with Crippen molar-refractivity contribution in [3.05, 3.63) is 90.0 Å². The van der Waals surface area contributed by atoms with Gasteiger partial charge in [-0.3, -0.25) is 0 Å². The molecular formula is C22H16F3NO2S. The monoisotopic (exact) mass is 416 g/mol. The zero-order chi connectivity index (χ0) is 21.7. The van der Waals surface area contributed by atoms with E-state index in [4.69, 9.17) is 1.37 Å². The van der Waals surface area contributed by atoms with Crippen LogP contribution in [0.2, 0.25) is 0 Å². The highest BCUT2D eigenvalue weighted by molar-refractivity contribution is 7.90. The topological polar surface area (TPSA) is 39.1 Å². The third kappa shape index (κ3) is 3.42. The van der Waals surface area contributed by atoms with Gasteiger partial charge in [-0.05, 0) is 48.9 Å². The summed E-state index contributed by atoms with van der Waals surface area (Å²) in [6.45, 7) is 1.83. The van der Waals surface area contributed by atoms with Gasteiger partial charge in [0.05, 0.1) is 23.0 Å². The molecule has 0 aliphatic carbocycles. The zero-order valence-electron chi connectivity index (χ0n) is 16.2. The Morgan fingerprint density at radius 1 is 0.897 bits per heavy atom. The number of fused-ring (bicyclic) bond motifs is 1. The third-order valence-corrected chi connectivity index (χ3v) is 6.35. The van der Waals surface area contributed by atoms with E-state index in [9.17, 15) is 21.6 Å². The Bertz CT molecular complexity index is 1340. The molecule has 29 heavy (non-hydrogen) atoms. The average molecular weight is 416 g/mol. The summed E-state index contributed by atoms with van der Waals surface area (Å²) in [5.41, 5.74) is 0.556. The summed E-state index contributed by atoms with van der Waals surface area (Å²) in [7, 11) is -4.10. The first-order chi connectivity index (χ1) is 14.1. The summed E-state index contributed by atoms with van der Waals surface area (Å²) in [5, 5.41) is 0.392. The number of benzene rings is 3. The number of aromatic nitrogens is 1. The van der Waals surface area contributed by atoms with Crippen LogP contribution in [0.15, 0.2) is 83.7 Å². The predicted molar refractivity (Wildman–Crippen MR) is 106 cm³/mol. The molecule has 3 aromatic carbocycles. The lowest BCUT2D eigenvalue weighted by Gasteiger charge is -2.13. The molecule has 1 heterocycles. The third-order valence-electron chi connectivity index (χ3n) is 4.62. The number of para-hydroxylation sites is 1. The van der Waals surface area contributed by atoms with Crippen molar-refractivity contribution >= 4 is 20.9 Å². The SMILES string of the molecule is [2H]c1c(-c2ccc(C(F)(F)F)cc2)n(S(=O)(=O)c2ccc(C)cc2)c2ccccc12. The van der Waals surface area contributed by atoms with Gasteiger partial charge in [0, 0.05) is 5.39 Å². The minimum atomic E-state index is -4.51. The van der Waals surface area contributed by atoms with E-state index in [0.717, 1.165) is 21.7 Å². The second kappa shape index (κ2) is 6.77. The molecule has 1 aromatic heterocycles. The largest absolute Gasteiger partial charge is 0.416 e. The van der Waals surface area contributed by atoms with Gasteiger partial charge in [-0.25, -0.2) is 12.4 Å². The van der Waals surface area contributed by atoms with Crippen LogP contribution in [0.25, 0.3) is 22.2 Å². The Morgan fingerprint density at radius 2 is 1.52 bits per heavy atom. The molecule has 4 aromatic rings. The van der Waals surface area contributed by atoms with Crippen LogP contribution in [0, 0.1) is 6.92 Å². The maximum absolute atomic E-state index is 13.5. The number of aryl methyl sites for hydroxylation is 1. The Balaban J connectivity index is 2.02. The standard InChI is InChI=1S/C22H16F3NO2S/c1-15-6-12-19(13-7-15)29(27,28)26-20-5-3-2-4-17(20)14-21(26)16-8-10-18(11-9-16)22(23,24)25/h2-14H,1H3/i14D. The van der Waals surface area contributed by atoms with Crippen LogP contribution in [-0.2, 0) is 16.2 Å². The fourth-order valence-corrected chi connectivity index (χ4v) is 4.63. The van der Waals surface area contributed by atoms with E-state index in [2.05, 4.69) is 0 Å². The van der Waals surface area contributed by atoms with Crippen LogP contribution in [0.5, 0.6) is 0 Å². The lowest BCUT2D eigenvalue weighted by molar-refractivity contribution is -0.137. The number of halogens is 3. The van der Waals surface area contributed by atoms with Gasteiger partial charge in [-0.15, -0.1) is 0 Å². The Labute approximate surface area is 167 Å². The molecule has 0 aliphatic rings. The fourth-order valence-electron chi connectivity index (χ4n) is 3.13. The predicted octanol–water partition coefficient (Wildman–Crippen LogP) is 5.87. The molecule has 3 nitrogen and oxygen atoms in total. The van der Waals surface area contributed by atoms with Crippen molar-refractivity contribution in [3.8, 4) is 11.3 Å². The molecule has 148 valence electrons.